The van der Waals surface area contributed by atoms with Gasteiger partial charge in [0.2, 0.25) is 0 Å². The van der Waals surface area contributed by atoms with Gasteiger partial charge in [0.25, 0.3) is 0 Å². The number of rotatable bonds is 0. The normalized spacial score (nSPS) is 51.0. The SMILES string of the molecule is C[C@]12CCC(=O)C=C1CCC1C2C(=O)C[C@@]2(C)C1CC[C@H]2O. The Hall–Kier alpha value is -0.960. The molecule has 0 aliphatic heterocycles. The number of Topliss-reactive ketones (excluding diaryl/α,β-unsaturated/α-hetero) is 1. The van der Waals surface area contributed by atoms with Crippen LogP contribution in [0, 0.1) is 28.6 Å². The first-order chi connectivity index (χ1) is 10.4. The van der Waals surface area contributed by atoms with E-state index in [2.05, 4.69) is 13.8 Å². The number of aliphatic hydroxyl groups is 1. The molecule has 4 rings (SSSR count). The number of hydrogen-bond acceptors (Lipinski definition) is 3. The maximum absolute atomic E-state index is 13.0. The molecule has 0 aromatic carbocycles. The van der Waals surface area contributed by atoms with Crippen molar-refractivity contribution in [1.82, 2.24) is 0 Å². The Balaban J connectivity index is 1.76. The number of carbonyl (C=O) groups is 2. The second-order valence-corrected chi connectivity index (χ2v) is 8.58. The molecule has 3 nitrogen and oxygen atoms in total. The van der Waals surface area contributed by atoms with Crippen molar-refractivity contribution in [3.8, 4) is 0 Å². The maximum atomic E-state index is 13.0. The molecule has 6 atom stereocenters. The van der Waals surface area contributed by atoms with E-state index in [0.717, 1.165) is 32.1 Å². The van der Waals surface area contributed by atoms with Crippen LogP contribution in [-0.2, 0) is 9.59 Å². The van der Waals surface area contributed by atoms with E-state index in [1.54, 1.807) is 0 Å². The van der Waals surface area contributed by atoms with Crippen LogP contribution in [0.4, 0.5) is 0 Å². The summed E-state index contributed by atoms with van der Waals surface area (Å²) in [4.78, 5) is 24.8. The van der Waals surface area contributed by atoms with Gasteiger partial charge in [-0.05, 0) is 55.4 Å². The van der Waals surface area contributed by atoms with Gasteiger partial charge in [-0.2, -0.15) is 0 Å². The monoisotopic (exact) mass is 302 g/mol. The minimum absolute atomic E-state index is 0.0731. The summed E-state index contributed by atoms with van der Waals surface area (Å²) in [7, 11) is 0. The van der Waals surface area contributed by atoms with Crippen LogP contribution in [0.2, 0.25) is 0 Å². The molecule has 3 fully saturated rings. The van der Waals surface area contributed by atoms with Crippen LogP contribution in [-0.4, -0.2) is 22.8 Å². The standard InChI is InChI=1S/C19H26O3/c1-18-8-7-12(20)9-11(18)3-4-13-14-5-6-16(22)19(14,2)10-15(21)17(13)18/h9,13-14,16-17,22H,3-8,10H2,1-2H3/t13?,14?,16-,17?,18+,19+/m1/s1. The fourth-order valence-corrected chi connectivity index (χ4v) is 6.36. The number of carbonyl (C=O) groups excluding carboxylic acids is 2. The third-order valence-corrected chi connectivity index (χ3v) is 7.60. The molecule has 120 valence electrons. The van der Waals surface area contributed by atoms with Crippen molar-refractivity contribution in [2.45, 2.75) is 64.9 Å². The van der Waals surface area contributed by atoms with Gasteiger partial charge in [0.15, 0.2) is 5.78 Å². The van der Waals surface area contributed by atoms with Gasteiger partial charge in [-0.1, -0.05) is 19.4 Å². The molecular weight excluding hydrogens is 276 g/mol. The van der Waals surface area contributed by atoms with Gasteiger partial charge >= 0.3 is 0 Å². The first-order valence-electron chi connectivity index (χ1n) is 8.81. The zero-order chi connectivity index (χ0) is 15.7. The first kappa shape index (κ1) is 14.6. The van der Waals surface area contributed by atoms with Crippen molar-refractivity contribution >= 4 is 11.6 Å². The average molecular weight is 302 g/mol. The van der Waals surface area contributed by atoms with Gasteiger partial charge in [0.05, 0.1) is 6.10 Å². The van der Waals surface area contributed by atoms with Crippen LogP contribution in [0.15, 0.2) is 11.6 Å². The number of allylic oxidation sites excluding steroid dienone is 1. The lowest BCUT2D eigenvalue weighted by Crippen LogP contribution is -2.55. The molecule has 1 N–H and O–H groups in total. The third-order valence-electron chi connectivity index (χ3n) is 7.60. The predicted octanol–water partition coefficient (Wildman–Crippen LogP) is 3.06. The van der Waals surface area contributed by atoms with Crippen LogP contribution < -0.4 is 0 Å². The molecule has 0 aromatic heterocycles. The molecule has 3 heteroatoms. The third kappa shape index (κ3) is 1.72. The highest BCUT2D eigenvalue weighted by atomic mass is 16.3. The predicted molar refractivity (Wildman–Crippen MR) is 83.1 cm³/mol. The minimum atomic E-state index is -0.319. The maximum Gasteiger partial charge on any atom is 0.155 e. The van der Waals surface area contributed by atoms with Crippen LogP contribution in [0.5, 0.6) is 0 Å². The molecule has 0 saturated heterocycles. The van der Waals surface area contributed by atoms with Gasteiger partial charge in [-0.3, -0.25) is 9.59 Å². The number of aliphatic hydroxyl groups excluding tert-OH is 1. The summed E-state index contributed by atoms with van der Waals surface area (Å²) in [5, 5.41) is 10.4. The zero-order valence-electron chi connectivity index (χ0n) is 13.6. The van der Waals surface area contributed by atoms with E-state index in [1.807, 2.05) is 6.08 Å². The van der Waals surface area contributed by atoms with Gasteiger partial charge in [0, 0.05) is 24.2 Å². The summed E-state index contributed by atoms with van der Waals surface area (Å²) >= 11 is 0. The molecule has 0 aromatic rings. The Morgan fingerprint density at radius 3 is 2.68 bits per heavy atom. The van der Waals surface area contributed by atoms with Crippen LogP contribution >= 0.6 is 0 Å². The van der Waals surface area contributed by atoms with E-state index in [4.69, 9.17) is 0 Å². The van der Waals surface area contributed by atoms with Crippen LogP contribution in [0.3, 0.4) is 0 Å². The number of hydrogen-bond donors (Lipinski definition) is 1. The van der Waals surface area contributed by atoms with E-state index >= 15 is 0 Å². The van der Waals surface area contributed by atoms with Crippen LogP contribution in [0.25, 0.3) is 0 Å². The van der Waals surface area contributed by atoms with Crippen molar-refractivity contribution in [2.24, 2.45) is 28.6 Å². The minimum Gasteiger partial charge on any atom is -0.393 e. The topological polar surface area (TPSA) is 54.4 Å². The van der Waals surface area contributed by atoms with E-state index < -0.39 is 0 Å². The van der Waals surface area contributed by atoms with E-state index in [-0.39, 0.29) is 28.6 Å². The highest BCUT2D eigenvalue weighted by Crippen LogP contribution is 2.64. The van der Waals surface area contributed by atoms with Gasteiger partial charge < -0.3 is 5.11 Å². The first-order valence-corrected chi connectivity index (χ1v) is 8.81. The van der Waals surface area contributed by atoms with Crippen molar-refractivity contribution in [1.29, 1.82) is 0 Å². The molecule has 0 amide bonds. The molecule has 0 spiro atoms. The molecule has 0 radical (unpaired) electrons. The lowest BCUT2D eigenvalue weighted by Gasteiger charge is -2.56. The quantitative estimate of drug-likeness (QED) is 0.748. The Kier molecular flexibility index (Phi) is 3.01. The molecular formula is C19H26O3. The molecule has 22 heavy (non-hydrogen) atoms. The largest absolute Gasteiger partial charge is 0.393 e. The average Bonchev–Trinajstić information content (AvgIpc) is 2.75. The van der Waals surface area contributed by atoms with Crippen molar-refractivity contribution < 1.29 is 14.7 Å². The molecule has 4 aliphatic carbocycles. The summed E-state index contributed by atoms with van der Waals surface area (Å²) in [6, 6.07) is 0. The molecule has 0 bridgehead atoms. The fraction of sp³-hybridized carbons (Fsp3) is 0.789. The zero-order valence-corrected chi connectivity index (χ0v) is 13.6. The molecule has 3 unspecified atom stereocenters. The van der Waals surface area contributed by atoms with Gasteiger partial charge in [0.1, 0.15) is 5.78 Å². The van der Waals surface area contributed by atoms with Crippen molar-refractivity contribution in [3.63, 3.8) is 0 Å². The number of ketones is 2. The van der Waals surface area contributed by atoms with E-state index in [0.29, 0.717) is 30.5 Å². The summed E-state index contributed by atoms with van der Waals surface area (Å²) in [5.74, 6) is 1.52. The van der Waals surface area contributed by atoms with Crippen molar-refractivity contribution in [2.75, 3.05) is 0 Å². The Morgan fingerprint density at radius 2 is 1.91 bits per heavy atom. The highest BCUT2D eigenvalue weighted by Gasteiger charge is 2.61. The van der Waals surface area contributed by atoms with Gasteiger partial charge in [-0.25, -0.2) is 0 Å². The Bertz CT molecular complexity index is 577. The second kappa shape index (κ2) is 4.53. The molecule has 0 heterocycles. The second-order valence-electron chi connectivity index (χ2n) is 8.58. The summed E-state index contributed by atoms with van der Waals surface area (Å²) in [5.41, 5.74) is 0.906. The summed E-state index contributed by atoms with van der Waals surface area (Å²) in [6.45, 7) is 4.34. The Morgan fingerprint density at radius 1 is 1.14 bits per heavy atom. The summed E-state index contributed by atoms with van der Waals surface area (Å²) in [6.07, 6.45) is 7.33. The smallest absolute Gasteiger partial charge is 0.155 e. The fourth-order valence-electron chi connectivity index (χ4n) is 6.36. The molecule has 4 aliphatic rings. The Labute approximate surface area is 132 Å². The van der Waals surface area contributed by atoms with Crippen molar-refractivity contribution in [3.05, 3.63) is 11.6 Å². The van der Waals surface area contributed by atoms with E-state index in [9.17, 15) is 14.7 Å². The van der Waals surface area contributed by atoms with E-state index in [1.165, 1.54) is 5.57 Å². The number of fused-ring (bicyclic) bond motifs is 5. The lowest BCUT2D eigenvalue weighted by atomic mass is 9.47. The molecule has 3 saturated carbocycles. The summed E-state index contributed by atoms with van der Waals surface area (Å²) < 4.78 is 0. The lowest BCUT2D eigenvalue weighted by molar-refractivity contribution is -0.148. The van der Waals surface area contributed by atoms with Gasteiger partial charge in [-0.15, -0.1) is 0 Å². The van der Waals surface area contributed by atoms with Crippen LogP contribution in [0.1, 0.15) is 58.8 Å². The highest BCUT2D eigenvalue weighted by molar-refractivity contribution is 5.93.